The molecular formula is C12H18N2S. The van der Waals surface area contributed by atoms with Gasteiger partial charge in [-0.05, 0) is 57.6 Å². The van der Waals surface area contributed by atoms with E-state index < -0.39 is 0 Å². The Bertz CT molecular complexity index is 319. The van der Waals surface area contributed by atoms with Crippen LogP contribution in [0.2, 0.25) is 0 Å². The number of aromatic nitrogens is 1. The Kier molecular flexibility index (Phi) is 3.65. The molecule has 1 aromatic heterocycles. The zero-order valence-corrected chi connectivity index (χ0v) is 10.3. The van der Waals surface area contributed by atoms with E-state index in [0.717, 1.165) is 5.25 Å². The number of nitrogens with zero attached hydrogens (tertiary/aromatic N) is 2. The van der Waals surface area contributed by atoms with Crippen molar-refractivity contribution >= 4 is 11.8 Å². The Morgan fingerprint density at radius 1 is 1.40 bits per heavy atom. The topological polar surface area (TPSA) is 16.1 Å². The molecule has 3 heteroatoms. The van der Waals surface area contributed by atoms with Crippen LogP contribution in [0, 0.1) is 6.92 Å². The molecule has 0 unspecified atom stereocenters. The quantitative estimate of drug-likeness (QED) is 0.765. The third-order valence-electron chi connectivity index (χ3n) is 2.84. The molecule has 0 saturated carbocycles. The molecule has 0 atom stereocenters. The Labute approximate surface area is 96.1 Å². The predicted molar refractivity (Wildman–Crippen MR) is 65.4 cm³/mol. The third kappa shape index (κ3) is 3.21. The van der Waals surface area contributed by atoms with Crippen LogP contribution < -0.4 is 0 Å². The van der Waals surface area contributed by atoms with Gasteiger partial charge in [0.15, 0.2) is 0 Å². The van der Waals surface area contributed by atoms with Crippen LogP contribution in [0.15, 0.2) is 23.4 Å². The minimum atomic E-state index is 0.760. The van der Waals surface area contributed by atoms with E-state index in [1.165, 1.54) is 36.5 Å². The molecule has 82 valence electrons. The second kappa shape index (κ2) is 4.99. The smallest absolute Gasteiger partial charge is 0.0965 e. The van der Waals surface area contributed by atoms with Crippen molar-refractivity contribution in [3.8, 4) is 0 Å². The van der Waals surface area contributed by atoms with E-state index in [0.29, 0.717) is 0 Å². The lowest BCUT2D eigenvalue weighted by atomic mass is 10.1. The summed E-state index contributed by atoms with van der Waals surface area (Å²) in [5, 5.41) is 1.94. The van der Waals surface area contributed by atoms with Crippen molar-refractivity contribution in [1.82, 2.24) is 9.88 Å². The molecule has 1 aromatic rings. The highest BCUT2D eigenvalue weighted by Crippen LogP contribution is 2.28. The van der Waals surface area contributed by atoms with Crippen LogP contribution in [0.3, 0.4) is 0 Å². The molecule has 0 radical (unpaired) electrons. The molecule has 2 nitrogen and oxygen atoms in total. The maximum absolute atomic E-state index is 4.40. The van der Waals surface area contributed by atoms with Crippen LogP contribution in [-0.4, -0.2) is 35.3 Å². The van der Waals surface area contributed by atoms with Crippen molar-refractivity contribution in [2.24, 2.45) is 0 Å². The highest BCUT2D eigenvalue weighted by molar-refractivity contribution is 7.99. The van der Waals surface area contributed by atoms with Gasteiger partial charge in [-0.15, -0.1) is 11.8 Å². The van der Waals surface area contributed by atoms with E-state index >= 15 is 0 Å². The fourth-order valence-corrected chi connectivity index (χ4v) is 3.01. The molecule has 0 bridgehead atoms. The first kappa shape index (κ1) is 11.0. The van der Waals surface area contributed by atoms with E-state index in [-0.39, 0.29) is 0 Å². The molecule has 0 aromatic carbocycles. The van der Waals surface area contributed by atoms with E-state index in [9.17, 15) is 0 Å². The fraction of sp³-hybridized carbons (Fsp3) is 0.583. The first-order valence-corrected chi connectivity index (χ1v) is 6.40. The Hall–Kier alpha value is -0.540. The summed E-state index contributed by atoms with van der Waals surface area (Å²) in [5.74, 6) is 0. The lowest BCUT2D eigenvalue weighted by Gasteiger charge is -2.28. The number of rotatable bonds is 2. The number of likely N-dealkylation sites (tertiary alicyclic amines) is 1. The van der Waals surface area contributed by atoms with E-state index in [1.807, 2.05) is 18.0 Å². The molecule has 1 aliphatic rings. The molecule has 0 amide bonds. The standard InChI is InChI=1S/C12H18N2S/c1-10-3-6-13-12(9-10)15-11-4-7-14(2)8-5-11/h3,6,9,11H,4-5,7-8H2,1-2H3. The van der Waals surface area contributed by atoms with Crippen LogP contribution in [-0.2, 0) is 0 Å². The highest BCUT2D eigenvalue weighted by atomic mass is 32.2. The monoisotopic (exact) mass is 222 g/mol. The van der Waals surface area contributed by atoms with Gasteiger partial charge in [0.1, 0.15) is 0 Å². The Balaban J connectivity index is 1.92. The fourth-order valence-electron chi connectivity index (χ4n) is 1.85. The summed E-state index contributed by atoms with van der Waals surface area (Å²) >= 11 is 1.94. The molecule has 2 heterocycles. The number of thioether (sulfide) groups is 1. The third-order valence-corrected chi connectivity index (χ3v) is 4.11. The molecule has 1 saturated heterocycles. The lowest BCUT2D eigenvalue weighted by molar-refractivity contribution is 0.282. The number of aryl methyl sites for hydroxylation is 1. The normalized spacial score (nSPS) is 19.3. The van der Waals surface area contributed by atoms with Crippen LogP contribution in [0.5, 0.6) is 0 Å². The lowest BCUT2D eigenvalue weighted by Crippen LogP contribution is -2.31. The van der Waals surface area contributed by atoms with Gasteiger partial charge in [0.25, 0.3) is 0 Å². The number of pyridine rings is 1. The van der Waals surface area contributed by atoms with Crippen molar-refractivity contribution < 1.29 is 0 Å². The second-order valence-corrected chi connectivity index (χ2v) is 5.61. The maximum Gasteiger partial charge on any atom is 0.0965 e. The van der Waals surface area contributed by atoms with Crippen LogP contribution in [0.25, 0.3) is 0 Å². The van der Waals surface area contributed by atoms with Gasteiger partial charge in [-0.2, -0.15) is 0 Å². The summed E-state index contributed by atoms with van der Waals surface area (Å²) in [7, 11) is 2.20. The zero-order chi connectivity index (χ0) is 10.7. The summed E-state index contributed by atoms with van der Waals surface area (Å²) in [4.78, 5) is 6.81. The number of hydrogen-bond donors (Lipinski definition) is 0. The maximum atomic E-state index is 4.40. The minimum Gasteiger partial charge on any atom is -0.306 e. The van der Waals surface area contributed by atoms with Crippen LogP contribution in [0.1, 0.15) is 18.4 Å². The summed E-state index contributed by atoms with van der Waals surface area (Å²) in [6, 6.07) is 4.24. The summed E-state index contributed by atoms with van der Waals surface area (Å²) in [6.45, 7) is 4.58. The SMILES string of the molecule is Cc1ccnc(SC2CCN(C)CC2)c1. The molecular weight excluding hydrogens is 204 g/mol. The summed E-state index contributed by atoms with van der Waals surface area (Å²) in [6.07, 6.45) is 4.49. The molecule has 2 rings (SSSR count). The summed E-state index contributed by atoms with van der Waals surface area (Å²) in [5.41, 5.74) is 1.31. The van der Waals surface area contributed by atoms with Crippen LogP contribution in [0.4, 0.5) is 0 Å². The first-order chi connectivity index (χ1) is 7.24. The van der Waals surface area contributed by atoms with Crippen molar-refractivity contribution in [3.05, 3.63) is 23.9 Å². The number of piperidine rings is 1. The molecule has 1 aliphatic heterocycles. The van der Waals surface area contributed by atoms with Gasteiger partial charge in [0, 0.05) is 11.4 Å². The zero-order valence-electron chi connectivity index (χ0n) is 9.44. The van der Waals surface area contributed by atoms with Crippen LogP contribution >= 0.6 is 11.8 Å². The van der Waals surface area contributed by atoms with Gasteiger partial charge in [0.05, 0.1) is 5.03 Å². The largest absolute Gasteiger partial charge is 0.306 e. The molecule has 15 heavy (non-hydrogen) atoms. The highest BCUT2D eigenvalue weighted by Gasteiger charge is 2.17. The van der Waals surface area contributed by atoms with Crippen molar-refractivity contribution in [2.75, 3.05) is 20.1 Å². The minimum absolute atomic E-state index is 0.760. The summed E-state index contributed by atoms with van der Waals surface area (Å²) < 4.78 is 0. The molecule has 0 aliphatic carbocycles. The first-order valence-electron chi connectivity index (χ1n) is 5.52. The Morgan fingerprint density at radius 2 is 2.13 bits per heavy atom. The Morgan fingerprint density at radius 3 is 2.80 bits per heavy atom. The van der Waals surface area contributed by atoms with Gasteiger partial charge in [-0.25, -0.2) is 4.98 Å². The van der Waals surface area contributed by atoms with E-state index in [2.05, 4.69) is 36.0 Å². The predicted octanol–water partition coefficient (Wildman–Crippen LogP) is 2.58. The van der Waals surface area contributed by atoms with Gasteiger partial charge < -0.3 is 4.90 Å². The van der Waals surface area contributed by atoms with E-state index in [4.69, 9.17) is 0 Å². The van der Waals surface area contributed by atoms with Gasteiger partial charge >= 0.3 is 0 Å². The van der Waals surface area contributed by atoms with Gasteiger partial charge in [0.2, 0.25) is 0 Å². The molecule has 0 N–H and O–H groups in total. The van der Waals surface area contributed by atoms with Crippen molar-refractivity contribution in [2.45, 2.75) is 30.0 Å². The average Bonchev–Trinajstić information content (AvgIpc) is 2.22. The van der Waals surface area contributed by atoms with Gasteiger partial charge in [-0.1, -0.05) is 0 Å². The van der Waals surface area contributed by atoms with Crippen molar-refractivity contribution in [3.63, 3.8) is 0 Å². The van der Waals surface area contributed by atoms with Gasteiger partial charge in [-0.3, -0.25) is 0 Å². The molecule has 0 spiro atoms. The van der Waals surface area contributed by atoms with Crippen molar-refractivity contribution in [1.29, 1.82) is 0 Å². The average molecular weight is 222 g/mol. The van der Waals surface area contributed by atoms with E-state index in [1.54, 1.807) is 0 Å². The number of hydrogen-bond acceptors (Lipinski definition) is 3. The molecule has 1 fully saturated rings. The second-order valence-electron chi connectivity index (χ2n) is 4.29.